The minimum Gasteiger partial charge on any atom is -0.341 e. The average Bonchev–Trinajstić information content (AvgIpc) is 2.72. The van der Waals surface area contributed by atoms with Crippen molar-refractivity contribution in [1.82, 2.24) is 24.7 Å². The Hall–Kier alpha value is -1.73. The van der Waals surface area contributed by atoms with Crippen LogP contribution in [0, 0.1) is 6.92 Å². The van der Waals surface area contributed by atoms with Crippen LogP contribution in [0.3, 0.4) is 0 Å². The number of nitrogens with zero attached hydrogens (tertiary/aromatic N) is 6. The Morgan fingerprint density at radius 2 is 1.86 bits per heavy atom. The number of carbonyl (C=O) groups is 1. The molecule has 0 aromatic carbocycles. The molecule has 0 spiro atoms. The first-order valence-electron chi connectivity index (χ1n) is 10.7. The van der Waals surface area contributed by atoms with Crippen molar-refractivity contribution < 1.29 is 4.79 Å². The number of piperidine rings is 2. The average molecular weight is 389 g/mol. The van der Waals surface area contributed by atoms with Gasteiger partial charge in [0.1, 0.15) is 0 Å². The molecule has 2 aliphatic heterocycles. The Labute approximate surface area is 169 Å². The van der Waals surface area contributed by atoms with E-state index in [1.54, 1.807) is 6.20 Å². The van der Waals surface area contributed by atoms with Gasteiger partial charge in [-0.05, 0) is 60.2 Å². The van der Waals surface area contributed by atoms with Crippen LogP contribution in [0.4, 0.5) is 5.95 Å². The molecule has 2 aliphatic rings. The summed E-state index contributed by atoms with van der Waals surface area (Å²) < 4.78 is 0. The topological polar surface area (TPSA) is 55.8 Å². The van der Waals surface area contributed by atoms with Crippen molar-refractivity contribution in [2.45, 2.75) is 45.1 Å². The second-order valence-electron chi connectivity index (χ2n) is 8.55. The highest BCUT2D eigenvalue weighted by molar-refractivity contribution is 5.95. The number of rotatable bonds is 6. The lowest BCUT2D eigenvalue weighted by Crippen LogP contribution is -2.49. The summed E-state index contributed by atoms with van der Waals surface area (Å²) in [5, 5.41) is 0. The number of carbonyl (C=O) groups excluding carboxylic acids is 1. The maximum atomic E-state index is 13.1. The minimum absolute atomic E-state index is 0.0772. The van der Waals surface area contributed by atoms with E-state index in [1.807, 2.05) is 11.8 Å². The first-order valence-corrected chi connectivity index (χ1v) is 10.7. The van der Waals surface area contributed by atoms with E-state index in [-0.39, 0.29) is 5.91 Å². The summed E-state index contributed by atoms with van der Waals surface area (Å²) in [5.74, 6) is 0.849. The highest BCUT2D eigenvalue weighted by Crippen LogP contribution is 2.20. The summed E-state index contributed by atoms with van der Waals surface area (Å²) in [5.41, 5.74) is 1.45. The Morgan fingerprint density at radius 1 is 1.11 bits per heavy atom. The van der Waals surface area contributed by atoms with Crippen LogP contribution in [0.1, 0.15) is 48.2 Å². The molecule has 3 rings (SSSR count). The fraction of sp³-hybridized carbons (Fsp3) is 0.762. The zero-order valence-electron chi connectivity index (χ0n) is 18.0. The normalized spacial score (nSPS) is 20.9. The molecule has 0 aliphatic carbocycles. The second-order valence-corrected chi connectivity index (χ2v) is 8.55. The van der Waals surface area contributed by atoms with Crippen LogP contribution < -0.4 is 4.90 Å². The number of likely N-dealkylation sites (N-methyl/N-ethyl adjacent to an activating group) is 2. The number of likely N-dealkylation sites (tertiary alicyclic amines) is 1. The number of hydrogen-bond donors (Lipinski definition) is 0. The van der Waals surface area contributed by atoms with Gasteiger partial charge in [0.2, 0.25) is 5.95 Å². The molecule has 3 heterocycles. The molecule has 1 amide bonds. The van der Waals surface area contributed by atoms with E-state index in [9.17, 15) is 4.79 Å². The minimum atomic E-state index is 0.0772. The zero-order chi connectivity index (χ0) is 20.1. The molecule has 2 saturated heterocycles. The van der Waals surface area contributed by atoms with E-state index in [0.29, 0.717) is 11.6 Å². The Kier molecular flexibility index (Phi) is 7.24. The Morgan fingerprint density at radius 3 is 2.54 bits per heavy atom. The van der Waals surface area contributed by atoms with Crippen molar-refractivity contribution in [3.8, 4) is 0 Å². The number of hydrogen-bond acceptors (Lipinski definition) is 6. The van der Waals surface area contributed by atoms with Crippen molar-refractivity contribution in [2.24, 2.45) is 0 Å². The van der Waals surface area contributed by atoms with Crippen LogP contribution in [0.5, 0.6) is 0 Å². The zero-order valence-corrected chi connectivity index (χ0v) is 18.0. The summed E-state index contributed by atoms with van der Waals surface area (Å²) in [6.07, 6.45) is 7.61. The molecule has 156 valence electrons. The van der Waals surface area contributed by atoms with Crippen molar-refractivity contribution >= 4 is 11.9 Å². The molecule has 7 nitrogen and oxygen atoms in total. The van der Waals surface area contributed by atoms with Gasteiger partial charge in [-0.1, -0.05) is 0 Å². The van der Waals surface area contributed by atoms with Gasteiger partial charge in [0, 0.05) is 51.5 Å². The quantitative estimate of drug-likeness (QED) is 0.742. The molecule has 0 radical (unpaired) electrons. The number of aryl methyl sites for hydroxylation is 1. The van der Waals surface area contributed by atoms with Crippen LogP contribution in [0.15, 0.2) is 6.20 Å². The van der Waals surface area contributed by atoms with E-state index in [1.165, 1.54) is 19.3 Å². The van der Waals surface area contributed by atoms with E-state index < -0.39 is 0 Å². The molecule has 0 unspecified atom stereocenters. The maximum absolute atomic E-state index is 13.1. The molecule has 1 aromatic heterocycles. The van der Waals surface area contributed by atoms with E-state index in [2.05, 4.69) is 45.8 Å². The van der Waals surface area contributed by atoms with Gasteiger partial charge in [0.05, 0.1) is 11.3 Å². The monoisotopic (exact) mass is 388 g/mol. The smallest absolute Gasteiger partial charge is 0.257 e. The summed E-state index contributed by atoms with van der Waals surface area (Å²) in [6, 6.07) is 0.423. The highest BCUT2D eigenvalue weighted by atomic mass is 16.2. The van der Waals surface area contributed by atoms with Gasteiger partial charge in [0.25, 0.3) is 5.91 Å². The Balaban J connectivity index is 1.64. The molecule has 7 heteroatoms. The number of anilines is 1. The lowest BCUT2D eigenvalue weighted by molar-refractivity contribution is 0.0602. The van der Waals surface area contributed by atoms with Gasteiger partial charge in [0.15, 0.2) is 0 Å². The highest BCUT2D eigenvalue weighted by Gasteiger charge is 2.28. The van der Waals surface area contributed by atoms with Crippen molar-refractivity contribution in [1.29, 1.82) is 0 Å². The lowest BCUT2D eigenvalue weighted by Gasteiger charge is -2.38. The molecule has 2 fully saturated rings. The van der Waals surface area contributed by atoms with E-state index in [4.69, 9.17) is 0 Å². The van der Waals surface area contributed by atoms with Gasteiger partial charge < -0.3 is 19.6 Å². The second kappa shape index (κ2) is 9.65. The summed E-state index contributed by atoms with van der Waals surface area (Å²) >= 11 is 0. The van der Waals surface area contributed by atoms with Crippen molar-refractivity contribution in [2.75, 3.05) is 65.3 Å². The van der Waals surface area contributed by atoms with Gasteiger partial charge in [-0.3, -0.25) is 4.79 Å². The predicted octanol–water partition coefficient (Wildman–Crippen LogP) is 1.87. The predicted molar refractivity (Wildman–Crippen MR) is 113 cm³/mol. The van der Waals surface area contributed by atoms with E-state index >= 15 is 0 Å². The van der Waals surface area contributed by atoms with Gasteiger partial charge >= 0.3 is 0 Å². The molecule has 28 heavy (non-hydrogen) atoms. The third-order valence-corrected chi connectivity index (χ3v) is 6.04. The van der Waals surface area contributed by atoms with Crippen LogP contribution in [0.2, 0.25) is 0 Å². The summed E-state index contributed by atoms with van der Waals surface area (Å²) in [4.78, 5) is 31.2. The van der Waals surface area contributed by atoms with Crippen molar-refractivity contribution in [3.05, 3.63) is 17.5 Å². The fourth-order valence-electron chi connectivity index (χ4n) is 4.12. The third kappa shape index (κ3) is 5.20. The largest absolute Gasteiger partial charge is 0.341 e. The fourth-order valence-corrected chi connectivity index (χ4v) is 4.12. The first-order chi connectivity index (χ1) is 13.5. The van der Waals surface area contributed by atoms with Crippen LogP contribution >= 0.6 is 0 Å². The molecule has 0 bridgehead atoms. The lowest BCUT2D eigenvalue weighted by atomic mass is 10.0. The molecular formula is C21H36N6O. The molecule has 1 atom stereocenters. The summed E-state index contributed by atoms with van der Waals surface area (Å²) in [7, 11) is 6.37. The molecule has 1 aromatic rings. The van der Waals surface area contributed by atoms with Gasteiger partial charge in [-0.15, -0.1) is 0 Å². The SMILES string of the molecule is Cc1nc(N2CCCCC2)ncc1C(=O)N1CCC[C@H](N(C)CCN(C)C)C1. The van der Waals surface area contributed by atoms with E-state index in [0.717, 1.165) is 63.8 Å². The first kappa shape index (κ1) is 21.0. The van der Waals surface area contributed by atoms with Gasteiger partial charge in [-0.25, -0.2) is 9.97 Å². The van der Waals surface area contributed by atoms with Gasteiger partial charge in [-0.2, -0.15) is 0 Å². The molecule has 0 N–H and O–H groups in total. The standard InChI is InChI=1S/C21H36N6O/c1-17-19(15-22-21(23-17)26-10-6-5-7-11-26)20(28)27-12-8-9-18(16-27)25(4)14-13-24(2)3/h15,18H,5-14,16H2,1-4H3/t18-/m0/s1. The van der Waals surface area contributed by atoms with Crippen molar-refractivity contribution in [3.63, 3.8) is 0 Å². The number of amides is 1. The number of aromatic nitrogens is 2. The van der Waals surface area contributed by atoms with Crippen LogP contribution in [-0.2, 0) is 0 Å². The molecular weight excluding hydrogens is 352 g/mol. The molecule has 0 saturated carbocycles. The maximum Gasteiger partial charge on any atom is 0.257 e. The third-order valence-electron chi connectivity index (χ3n) is 6.04. The van der Waals surface area contributed by atoms with Crippen LogP contribution in [-0.4, -0.2) is 97.0 Å². The Bertz CT molecular complexity index is 658. The summed E-state index contributed by atoms with van der Waals surface area (Å²) in [6.45, 7) is 7.63. The van der Waals surface area contributed by atoms with Crippen LogP contribution in [0.25, 0.3) is 0 Å².